The van der Waals surface area contributed by atoms with Crippen LogP contribution in [0.2, 0.25) is 0 Å². The lowest BCUT2D eigenvalue weighted by Crippen LogP contribution is -1.99. The highest BCUT2D eigenvalue weighted by Gasteiger charge is 2.09. The molecule has 0 aliphatic rings. The summed E-state index contributed by atoms with van der Waals surface area (Å²) in [5.41, 5.74) is 0.885. The van der Waals surface area contributed by atoms with Gasteiger partial charge in [-0.3, -0.25) is 0 Å². The van der Waals surface area contributed by atoms with E-state index in [0.29, 0.717) is 5.75 Å². The van der Waals surface area contributed by atoms with E-state index in [4.69, 9.17) is 10.7 Å². The highest BCUT2D eigenvalue weighted by atomic mass is 35.7. The summed E-state index contributed by atoms with van der Waals surface area (Å²) in [7, 11) is 1.70. The first-order valence-electron chi connectivity index (χ1n) is 4.29. The molecular weight excluding hydrogens is 288 g/mol. The number of thioether (sulfide) groups is 1. The van der Waals surface area contributed by atoms with Crippen LogP contribution in [0, 0.1) is 0 Å². The summed E-state index contributed by atoms with van der Waals surface area (Å²) in [5, 5.41) is 2.74. The molecule has 0 spiro atoms. The minimum atomic E-state index is -3.42. The summed E-state index contributed by atoms with van der Waals surface area (Å²) >= 11 is 2.92. The van der Waals surface area contributed by atoms with Crippen LogP contribution in [-0.4, -0.2) is 29.9 Å². The second-order valence-electron chi connectivity index (χ2n) is 2.91. The van der Waals surface area contributed by atoms with Crippen LogP contribution < -0.4 is 0 Å². The third-order valence-corrected chi connectivity index (χ3v) is 5.22. The summed E-state index contributed by atoms with van der Waals surface area (Å²) in [5.74, 6) is 0.339. The smallest absolute Gasteiger partial charge is 0.233 e. The molecule has 2 rings (SSSR count). The van der Waals surface area contributed by atoms with Crippen molar-refractivity contribution in [1.29, 1.82) is 0 Å². The molecule has 2 aromatic rings. The molecule has 0 bridgehead atoms. The minimum absolute atomic E-state index is 0.0594. The van der Waals surface area contributed by atoms with E-state index in [1.54, 1.807) is 11.3 Å². The molecule has 0 saturated carbocycles. The lowest BCUT2D eigenvalue weighted by molar-refractivity contribution is 0.611. The molecule has 0 aromatic carbocycles. The Morgan fingerprint density at radius 3 is 3.00 bits per heavy atom. The second-order valence-corrected chi connectivity index (χ2v) is 7.80. The zero-order valence-electron chi connectivity index (χ0n) is 7.96. The zero-order chi connectivity index (χ0) is 11.6. The van der Waals surface area contributed by atoms with Crippen LogP contribution in [0.25, 0.3) is 10.2 Å². The van der Waals surface area contributed by atoms with Crippen molar-refractivity contribution in [2.45, 2.75) is 5.03 Å². The van der Waals surface area contributed by atoms with Gasteiger partial charge in [0.25, 0.3) is 0 Å². The predicted molar refractivity (Wildman–Crippen MR) is 67.8 cm³/mol. The number of aromatic nitrogens is 2. The Kier molecular flexibility index (Phi) is 3.68. The van der Waals surface area contributed by atoms with Crippen LogP contribution in [-0.2, 0) is 9.05 Å². The SMILES string of the molecule is O=S(=O)(Cl)CCSc1ncnc2ccsc12. The molecule has 0 unspecified atom stereocenters. The number of halogens is 1. The van der Waals surface area contributed by atoms with E-state index < -0.39 is 9.05 Å². The Morgan fingerprint density at radius 2 is 2.25 bits per heavy atom. The summed E-state index contributed by atoms with van der Waals surface area (Å²) in [6.45, 7) is 0. The molecular formula is C8H7ClN2O2S3. The molecule has 0 aliphatic heterocycles. The molecule has 0 radical (unpaired) electrons. The first kappa shape index (κ1) is 12.1. The molecule has 4 nitrogen and oxygen atoms in total. The molecule has 86 valence electrons. The number of hydrogen-bond donors (Lipinski definition) is 0. The fraction of sp³-hybridized carbons (Fsp3) is 0.250. The Balaban J connectivity index is 2.12. The van der Waals surface area contributed by atoms with Gasteiger partial charge in [-0.05, 0) is 11.4 Å². The molecule has 8 heteroatoms. The summed E-state index contributed by atoms with van der Waals surface area (Å²) in [6.07, 6.45) is 1.48. The van der Waals surface area contributed by atoms with Crippen molar-refractivity contribution >= 4 is 53.0 Å². The molecule has 0 aliphatic carbocycles. The highest BCUT2D eigenvalue weighted by Crippen LogP contribution is 2.28. The van der Waals surface area contributed by atoms with Crippen molar-refractivity contribution in [3.8, 4) is 0 Å². The van der Waals surface area contributed by atoms with E-state index in [9.17, 15) is 8.42 Å². The zero-order valence-corrected chi connectivity index (χ0v) is 11.2. The number of fused-ring (bicyclic) bond motifs is 1. The molecule has 0 atom stereocenters. The molecule has 2 heterocycles. The van der Waals surface area contributed by atoms with Crippen molar-refractivity contribution in [3.05, 3.63) is 17.8 Å². The van der Waals surface area contributed by atoms with Gasteiger partial charge in [0.2, 0.25) is 9.05 Å². The Hall–Kier alpha value is -0.370. The average Bonchev–Trinajstić information content (AvgIpc) is 2.64. The van der Waals surface area contributed by atoms with E-state index in [1.165, 1.54) is 18.1 Å². The monoisotopic (exact) mass is 294 g/mol. The van der Waals surface area contributed by atoms with Crippen molar-refractivity contribution in [3.63, 3.8) is 0 Å². The first-order valence-corrected chi connectivity index (χ1v) is 8.64. The van der Waals surface area contributed by atoms with Crippen LogP contribution in [0.4, 0.5) is 0 Å². The van der Waals surface area contributed by atoms with E-state index in [2.05, 4.69) is 9.97 Å². The van der Waals surface area contributed by atoms with E-state index in [-0.39, 0.29) is 5.75 Å². The van der Waals surface area contributed by atoms with Gasteiger partial charge in [0.05, 0.1) is 16.0 Å². The van der Waals surface area contributed by atoms with Gasteiger partial charge >= 0.3 is 0 Å². The van der Waals surface area contributed by atoms with Gasteiger partial charge in [0, 0.05) is 16.4 Å². The number of nitrogens with zero attached hydrogens (tertiary/aromatic N) is 2. The van der Waals surface area contributed by atoms with Crippen LogP contribution in [0.15, 0.2) is 22.8 Å². The van der Waals surface area contributed by atoms with Gasteiger partial charge in [-0.15, -0.1) is 23.1 Å². The third-order valence-electron chi connectivity index (χ3n) is 1.78. The maximum Gasteiger partial charge on any atom is 0.233 e. The van der Waals surface area contributed by atoms with E-state index >= 15 is 0 Å². The normalized spacial score (nSPS) is 12.1. The third kappa shape index (κ3) is 3.07. The van der Waals surface area contributed by atoms with Crippen LogP contribution in [0.5, 0.6) is 0 Å². The fourth-order valence-corrected chi connectivity index (χ4v) is 4.40. The lowest BCUT2D eigenvalue weighted by atomic mass is 10.5. The van der Waals surface area contributed by atoms with Crippen molar-refractivity contribution < 1.29 is 8.42 Å². The van der Waals surface area contributed by atoms with Crippen molar-refractivity contribution in [1.82, 2.24) is 9.97 Å². The highest BCUT2D eigenvalue weighted by molar-refractivity contribution is 8.14. The van der Waals surface area contributed by atoms with Gasteiger partial charge in [0.15, 0.2) is 0 Å². The van der Waals surface area contributed by atoms with Gasteiger partial charge in [-0.25, -0.2) is 18.4 Å². The maximum absolute atomic E-state index is 10.8. The molecule has 0 amide bonds. The molecule has 2 aromatic heterocycles. The van der Waals surface area contributed by atoms with Crippen molar-refractivity contribution in [2.24, 2.45) is 0 Å². The lowest BCUT2D eigenvalue weighted by Gasteiger charge is -1.99. The summed E-state index contributed by atoms with van der Waals surface area (Å²) in [6, 6.07) is 1.91. The number of rotatable bonds is 4. The molecule has 0 N–H and O–H groups in total. The fourth-order valence-electron chi connectivity index (χ4n) is 1.11. The molecule has 16 heavy (non-hydrogen) atoms. The predicted octanol–water partition coefficient (Wildman–Crippen LogP) is 2.35. The Bertz CT molecular complexity index is 596. The Morgan fingerprint density at radius 1 is 1.44 bits per heavy atom. The first-order chi connectivity index (χ1) is 7.56. The van der Waals surface area contributed by atoms with Gasteiger partial charge in [-0.2, -0.15) is 0 Å². The van der Waals surface area contributed by atoms with Gasteiger partial charge < -0.3 is 0 Å². The van der Waals surface area contributed by atoms with Crippen LogP contribution >= 0.6 is 33.8 Å². The quantitative estimate of drug-likeness (QED) is 0.492. The van der Waals surface area contributed by atoms with E-state index in [1.807, 2.05) is 11.4 Å². The average molecular weight is 295 g/mol. The summed E-state index contributed by atoms with van der Waals surface area (Å²) < 4.78 is 22.5. The second kappa shape index (κ2) is 4.87. The van der Waals surface area contributed by atoms with Crippen molar-refractivity contribution in [2.75, 3.05) is 11.5 Å². The molecule has 0 saturated heterocycles. The van der Waals surface area contributed by atoms with E-state index in [0.717, 1.165) is 15.2 Å². The maximum atomic E-state index is 10.8. The molecule has 0 fully saturated rings. The van der Waals surface area contributed by atoms with Crippen LogP contribution in [0.3, 0.4) is 0 Å². The van der Waals surface area contributed by atoms with Crippen LogP contribution in [0.1, 0.15) is 0 Å². The van der Waals surface area contributed by atoms with Gasteiger partial charge in [0.1, 0.15) is 11.4 Å². The Labute approximate surface area is 105 Å². The summed E-state index contributed by atoms with van der Waals surface area (Å²) in [4.78, 5) is 8.22. The topological polar surface area (TPSA) is 59.9 Å². The minimum Gasteiger partial charge on any atom is -0.235 e. The number of hydrogen-bond acceptors (Lipinski definition) is 6. The standard InChI is InChI=1S/C8H7ClN2O2S3/c9-16(12,13)4-3-15-8-7-6(1-2-14-7)10-5-11-8/h1-2,5H,3-4H2. The van der Waals surface area contributed by atoms with Gasteiger partial charge in [-0.1, -0.05) is 0 Å². The largest absolute Gasteiger partial charge is 0.235 e. The number of thiophene rings is 1.